The van der Waals surface area contributed by atoms with Crippen molar-refractivity contribution in [2.75, 3.05) is 38.1 Å². The van der Waals surface area contributed by atoms with Crippen molar-refractivity contribution in [2.24, 2.45) is 5.92 Å². The third kappa shape index (κ3) is 4.36. The number of thiophene rings is 1. The van der Waals surface area contributed by atoms with Gasteiger partial charge in [0.05, 0.1) is 18.3 Å². The average Bonchev–Trinajstić information content (AvgIpc) is 3.56. The third-order valence-electron chi connectivity index (χ3n) is 8.09. The fraction of sp³-hybridized carbons (Fsp3) is 0.481. The summed E-state index contributed by atoms with van der Waals surface area (Å²) in [6.07, 6.45) is 7.36. The molecule has 198 valence electrons. The number of anilines is 2. The van der Waals surface area contributed by atoms with E-state index in [1.54, 1.807) is 17.7 Å². The number of nitrogens with one attached hydrogen (secondary N) is 2. The SMILES string of the molecule is CCOc1cc2[nH]ncc2cc1Nc1ncnc2sc3c(c12)CCC(C(=O)N1CCN2CCC[AsH]C2C1)C3. The van der Waals surface area contributed by atoms with Gasteiger partial charge in [0.1, 0.15) is 5.75 Å². The molecule has 7 rings (SSSR count). The summed E-state index contributed by atoms with van der Waals surface area (Å²) in [5, 5.41) is 14.2. The van der Waals surface area contributed by atoms with Crippen LogP contribution in [0.15, 0.2) is 24.7 Å². The number of nitrogens with zero attached hydrogens (tertiary/aromatic N) is 5. The molecule has 0 spiro atoms. The normalized spacial score (nSPS) is 22.5. The number of ether oxygens (including phenoxy) is 1. The molecule has 3 unspecified atom stereocenters. The first-order chi connectivity index (χ1) is 18.7. The molecule has 9 nitrogen and oxygen atoms in total. The maximum atomic E-state index is 13.6. The Labute approximate surface area is 232 Å². The van der Waals surface area contributed by atoms with E-state index in [0.29, 0.717) is 17.3 Å². The molecule has 2 aliphatic heterocycles. The van der Waals surface area contributed by atoms with Gasteiger partial charge in [-0.1, -0.05) is 0 Å². The first-order valence-corrected chi connectivity index (χ1v) is 17.1. The summed E-state index contributed by atoms with van der Waals surface area (Å²) in [7, 11) is 0. The van der Waals surface area contributed by atoms with E-state index in [9.17, 15) is 4.79 Å². The number of benzene rings is 1. The van der Waals surface area contributed by atoms with Gasteiger partial charge in [0, 0.05) is 11.5 Å². The van der Waals surface area contributed by atoms with Gasteiger partial charge in [0.15, 0.2) is 0 Å². The summed E-state index contributed by atoms with van der Waals surface area (Å²) in [5.41, 5.74) is 3.08. The number of hydrogen-bond acceptors (Lipinski definition) is 8. The molecule has 11 heteroatoms. The number of rotatable bonds is 5. The van der Waals surface area contributed by atoms with Gasteiger partial charge in [0.2, 0.25) is 0 Å². The molecule has 1 aromatic carbocycles. The van der Waals surface area contributed by atoms with Gasteiger partial charge >= 0.3 is 169 Å². The van der Waals surface area contributed by atoms with Crippen molar-refractivity contribution < 1.29 is 9.53 Å². The standard InChI is InChI=1S/C27H32AsN7O2S/c1-2-37-21-12-19-17(13-31-33-19)10-20(21)32-25-24-18-5-4-16(11-22(18)38-26(24)30-15-29-25)27(36)35-9-8-34-7-3-6-28-23(34)14-35/h10,12-13,15-16,23,28H,2-9,11,14H2,1H3,(H,31,33)(H,29,30,32). The minimum absolute atomic E-state index is 0.0431. The molecule has 3 aliphatic rings. The fourth-order valence-electron chi connectivity index (χ4n) is 6.18. The number of piperazine rings is 1. The predicted molar refractivity (Wildman–Crippen MR) is 152 cm³/mol. The molecule has 2 fully saturated rings. The Balaban J connectivity index is 1.14. The number of fused-ring (bicyclic) bond motifs is 5. The maximum absolute atomic E-state index is 13.6. The van der Waals surface area contributed by atoms with Crippen molar-refractivity contribution in [2.45, 2.75) is 42.6 Å². The molecule has 38 heavy (non-hydrogen) atoms. The van der Waals surface area contributed by atoms with Crippen LogP contribution in [0.5, 0.6) is 5.75 Å². The van der Waals surface area contributed by atoms with Crippen molar-refractivity contribution in [3.05, 3.63) is 35.1 Å². The first kappa shape index (κ1) is 24.4. The number of amides is 1. The van der Waals surface area contributed by atoms with Crippen molar-refractivity contribution in [3.8, 4) is 5.75 Å². The molecule has 1 amide bonds. The Kier molecular flexibility index (Phi) is 6.50. The number of aryl methyl sites for hydroxylation is 1. The number of carbonyl (C=O) groups is 1. The van der Waals surface area contributed by atoms with Gasteiger partial charge in [0.25, 0.3) is 0 Å². The molecule has 3 atom stereocenters. The molecular weight excluding hydrogens is 561 g/mol. The van der Waals surface area contributed by atoms with Crippen LogP contribution < -0.4 is 10.1 Å². The molecule has 2 N–H and O–H groups in total. The number of hydrogen-bond donors (Lipinski definition) is 2. The molecule has 4 aromatic rings. The molecule has 0 saturated carbocycles. The van der Waals surface area contributed by atoms with Crippen LogP contribution in [-0.2, 0) is 17.6 Å². The number of carbonyl (C=O) groups excluding carboxylic acids is 1. The third-order valence-corrected chi connectivity index (χ3v) is 12.7. The van der Waals surface area contributed by atoms with Gasteiger partial charge in [-0.2, -0.15) is 5.10 Å². The second-order valence-electron chi connectivity index (χ2n) is 10.4. The Morgan fingerprint density at radius 3 is 3.16 bits per heavy atom. The molecule has 0 bridgehead atoms. The van der Waals surface area contributed by atoms with E-state index >= 15 is 0 Å². The van der Waals surface area contributed by atoms with Crippen molar-refractivity contribution in [1.82, 2.24) is 30.0 Å². The molecule has 1 aliphatic carbocycles. The van der Waals surface area contributed by atoms with E-state index in [1.807, 2.05) is 25.3 Å². The molecule has 3 aromatic heterocycles. The van der Waals surface area contributed by atoms with Crippen LogP contribution in [0.4, 0.5) is 11.5 Å². The summed E-state index contributed by atoms with van der Waals surface area (Å²) in [6.45, 7) is 6.67. The van der Waals surface area contributed by atoms with Crippen molar-refractivity contribution in [3.63, 3.8) is 0 Å². The van der Waals surface area contributed by atoms with Gasteiger partial charge in [-0.3, -0.25) is 5.10 Å². The number of H-pyrrole nitrogens is 1. The predicted octanol–water partition coefficient (Wildman–Crippen LogP) is 3.54. The monoisotopic (exact) mass is 593 g/mol. The summed E-state index contributed by atoms with van der Waals surface area (Å²) in [6, 6.07) is 4.02. The quantitative estimate of drug-likeness (QED) is 0.342. The van der Waals surface area contributed by atoms with Crippen LogP contribution in [0.2, 0.25) is 5.21 Å². The Morgan fingerprint density at radius 1 is 1.29 bits per heavy atom. The van der Waals surface area contributed by atoms with E-state index in [1.165, 1.54) is 28.6 Å². The molecule has 2 saturated heterocycles. The first-order valence-electron chi connectivity index (χ1n) is 13.6. The van der Waals surface area contributed by atoms with Crippen molar-refractivity contribution in [1.29, 1.82) is 0 Å². The Hall–Kier alpha value is -2.68. The van der Waals surface area contributed by atoms with E-state index in [2.05, 4.69) is 35.3 Å². The summed E-state index contributed by atoms with van der Waals surface area (Å²) >= 11 is 1.76. The Morgan fingerprint density at radius 2 is 2.24 bits per heavy atom. The zero-order valence-electron chi connectivity index (χ0n) is 21.5. The molecule has 0 radical (unpaired) electrons. The molecule has 5 heterocycles. The Bertz CT molecular complexity index is 1500. The second-order valence-corrected chi connectivity index (χ2v) is 14.7. The van der Waals surface area contributed by atoms with Crippen LogP contribution in [0.25, 0.3) is 21.1 Å². The minimum atomic E-state index is 0.0431. The van der Waals surface area contributed by atoms with Crippen LogP contribution in [-0.4, -0.2) is 89.2 Å². The second kappa shape index (κ2) is 10.1. The van der Waals surface area contributed by atoms with Gasteiger partial charge in [-0.05, 0) is 13.0 Å². The average molecular weight is 594 g/mol. The zero-order valence-corrected chi connectivity index (χ0v) is 24.4. The zero-order chi connectivity index (χ0) is 25.6. The van der Waals surface area contributed by atoms with Crippen LogP contribution in [0.1, 0.15) is 30.2 Å². The van der Waals surface area contributed by atoms with Crippen LogP contribution in [0.3, 0.4) is 0 Å². The topological polar surface area (TPSA) is 99.3 Å². The van der Waals surface area contributed by atoms with Gasteiger partial charge in [-0.15, -0.1) is 0 Å². The van der Waals surface area contributed by atoms with E-state index in [4.69, 9.17) is 4.74 Å². The van der Waals surface area contributed by atoms with Crippen molar-refractivity contribution >= 4 is 65.6 Å². The van der Waals surface area contributed by atoms with Crippen LogP contribution >= 0.6 is 11.3 Å². The number of aromatic amines is 1. The summed E-state index contributed by atoms with van der Waals surface area (Å²) < 4.78 is 5.93. The van der Waals surface area contributed by atoms with E-state index in [-0.39, 0.29) is 21.7 Å². The van der Waals surface area contributed by atoms with Gasteiger partial charge in [-0.25, -0.2) is 0 Å². The molecular formula is C27H32AsN7O2S. The van der Waals surface area contributed by atoms with Gasteiger partial charge < -0.3 is 4.74 Å². The fourth-order valence-corrected chi connectivity index (χ4v) is 10.7. The summed E-state index contributed by atoms with van der Waals surface area (Å²) in [5.74, 6) is 1.98. The van der Waals surface area contributed by atoms with E-state index < -0.39 is 0 Å². The van der Waals surface area contributed by atoms with Crippen LogP contribution in [0, 0.1) is 5.92 Å². The van der Waals surface area contributed by atoms with E-state index in [0.717, 1.165) is 77.3 Å². The summed E-state index contributed by atoms with van der Waals surface area (Å²) in [4.78, 5) is 30.6. The number of aromatic nitrogens is 4.